The third-order valence-corrected chi connectivity index (χ3v) is 4.71. The van der Waals surface area contributed by atoms with Gasteiger partial charge >= 0.3 is 5.97 Å². The number of fused-ring (bicyclic) bond motifs is 1. The molecule has 0 bridgehead atoms. The summed E-state index contributed by atoms with van der Waals surface area (Å²) < 4.78 is 5.06. The summed E-state index contributed by atoms with van der Waals surface area (Å²) in [7, 11) is 0. The molecule has 1 aromatic carbocycles. The minimum Gasteiger partial charge on any atom is -0.466 e. The molecule has 0 spiro atoms. The number of pyridine rings is 3. The van der Waals surface area contributed by atoms with Crippen molar-refractivity contribution in [3.63, 3.8) is 0 Å². The lowest BCUT2D eigenvalue weighted by Crippen LogP contribution is -2.12. The third-order valence-electron chi connectivity index (χ3n) is 4.71. The van der Waals surface area contributed by atoms with Crippen molar-refractivity contribution in [2.45, 2.75) is 13.3 Å². The number of rotatable bonds is 7. The first-order valence-corrected chi connectivity index (χ1v) is 9.92. The number of aromatic nitrogens is 3. The standard InChI is InChI=1S/C24H22N4O2/c1-2-30-20(29)12-16-26-23-19-9-6-13-27-24(19)28-22(18-7-4-3-5-8-18)21(23)17-10-14-25-15-11-17/h3-11,13-15H,2,12,16H2,1H3,(H,26,27,28). The fourth-order valence-corrected chi connectivity index (χ4v) is 3.41. The molecule has 0 saturated heterocycles. The van der Waals surface area contributed by atoms with Gasteiger partial charge in [0, 0.05) is 41.6 Å². The number of ether oxygens (including phenoxy) is 1. The van der Waals surface area contributed by atoms with Crippen molar-refractivity contribution in [2.75, 3.05) is 18.5 Å². The first-order chi connectivity index (χ1) is 14.8. The van der Waals surface area contributed by atoms with Crippen molar-refractivity contribution in [1.29, 1.82) is 0 Å². The maximum absolute atomic E-state index is 11.8. The fraction of sp³-hybridized carbons (Fsp3) is 0.167. The molecule has 6 heteroatoms. The van der Waals surface area contributed by atoms with E-state index in [1.807, 2.05) is 54.6 Å². The smallest absolute Gasteiger partial charge is 0.307 e. The first-order valence-electron chi connectivity index (χ1n) is 9.92. The Hall–Kier alpha value is -3.80. The Morgan fingerprint density at radius 1 is 0.967 bits per heavy atom. The fourth-order valence-electron chi connectivity index (χ4n) is 3.41. The van der Waals surface area contributed by atoms with E-state index in [2.05, 4.69) is 15.3 Å². The van der Waals surface area contributed by atoms with Crippen LogP contribution in [0.2, 0.25) is 0 Å². The zero-order chi connectivity index (χ0) is 20.8. The second kappa shape index (κ2) is 9.13. The number of nitrogens with zero attached hydrogens (tertiary/aromatic N) is 3. The van der Waals surface area contributed by atoms with Crippen LogP contribution in [0.5, 0.6) is 0 Å². The van der Waals surface area contributed by atoms with Gasteiger partial charge in [-0.05, 0) is 36.8 Å². The van der Waals surface area contributed by atoms with Crippen molar-refractivity contribution >= 4 is 22.7 Å². The molecule has 0 fully saturated rings. The SMILES string of the molecule is CCOC(=O)CCNc1c(-c2ccncc2)c(-c2ccccc2)nc2ncccc12. The van der Waals surface area contributed by atoms with Gasteiger partial charge in [-0.25, -0.2) is 9.97 Å². The average Bonchev–Trinajstić information content (AvgIpc) is 2.80. The number of hydrogen-bond acceptors (Lipinski definition) is 6. The topological polar surface area (TPSA) is 77.0 Å². The van der Waals surface area contributed by atoms with E-state index in [4.69, 9.17) is 9.72 Å². The molecule has 0 amide bonds. The third kappa shape index (κ3) is 4.12. The van der Waals surface area contributed by atoms with Crippen LogP contribution in [-0.2, 0) is 9.53 Å². The summed E-state index contributed by atoms with van der Waals surface area (Å²) in [5.41, 5.74) is 5.29. The summed E-state index contributed by atoms with van der Waals surface area (Å²) >= 11 is 0. The van der Waals surface area contributed by atoms with Gasteiger partial charge < -0.3 is 10.1 Å². The van der Waals surface area contributed by atoms with Crippen LogP contribution in [-0.4, -0.2) is 34.1 Å². The second-order valence-electron chi connectivity index (χ2n) is 6.67. The molecule has 0 aliphatic carbocycles. The Morgan fingerprint density at radius 3 is 2.53 bits per heavy atom. The van der Waals surface area contributed by atoms with Gasteiger partial charge in [-0.1, -0.05) is 30.3 Å². The summed E-state index contributed by atoms with van der Waals surface area (Å²) in [5, 5.41) is 4.35. The van der Waals surface area contributed by atoms with E-state index in [-0.39, 0.29) is 12.4 Å². The molecule has 3 heterocycles. The molecule has 6 nitrogen and oxygen atoms in total. The van der Waals surface area contributed by atoms with Gasteiger partial charge in [-0.15, -0.1) is 0 Å². The highest BCUT2D eigenvalue weighted by Crippen LogP contribution is 2.40. The minimum absolute atomic E-state index is 0.227. The van der Waals surface area contributed by atoms with Crippen molar-refractivity contribution in [3.8, 4) is 22.4 Å². The zero-order valence-electron chi connectivity index (χ0n) is 16.7. The average molecular weight is 398 g/mol. The zero-order valence-corrected chi connectivity index (χ0v) is 16.7. The Labute approximate surface area is 175 Å². The molecule has 3 aromatic heterocycles. The molecule has 150 valence electrons. The summed E-state index contributed by atoms with van der Waals surface area (Å²) in [6.45, 7) is 2.63. The van der Waals surface area contributed by atoms with E-state index >= 15 is 0 Å². The lowest BCUT2D eigenvalue weighted by Gasteiger charge is -2.18. The van der Waals surface area contributed by atoms with Crippen LogP contribution >= 0.6 is 0 Å². The summed E-state index contributed by atoms with van der Waals surface area (Å²) in [6.07, 6.45) is 5.53. The van der Waals surface area contributed by atoms with E-state index < -0.39 is 0 Å². The largest absolute Gasteiger partial charge is 0.466 e. The second-order valence-corrected chi connectivity index (χ2v) is 6.67. The first kappa shape index (κ1) is 19.5. The Balaban J connectivity index is 1.89. The summed E-state index contributed by atoms with van der Waals surface area (Å²) in [6, 6.07) is 17.8. The Morgan fingerprint density at radius 2 is 1.77 bits per heavy atom. The molecule has 0 aliphatic rings. The van der Waals surface area contributed by atoms with Gasteiger partial charge in [0.2, 0.25) is 0 Å². The lowest BCUT2D eigenvalue weighted by molar-refractivity contribution is -0.142. The van der Waals surface area contributed by atoms with Crippen molar-refractivity contribution in [2.24, 2.45) is 0 Å². The maximum atomic E-state index is 11.8. The summed E-state index contributed by atoms with van der Waals surface area (Å²) in [5.74, 6) is -0.227. The van der Waals surface area contributed by atoms with Gasteiger partial charge in [-0.2, -0.15) is 0 Å². The molecule has 0 atom stereocenters. The van der Waals surface area contributed by atoms with Gasteiger partial charge in [0.1, 0.15) is 0 Å². The van der Waals surface area contributed by atoms with Crippen LogP contribution in [0.1, 0.15) is 13.3 Å². The number of hydrogen-bond donors (Lipinski definition) is 1. The van der Waals surface area contributed by atoms with E-state index in [0.717, 1.165) is 33.5 Å². The highest BCUT2D eigenvalue weighted by molar-refractivity contribution is 6.03. The predicted octanol–water partition coefficient (Wildman–Crippen LogP) is 4.72. The molecule has 30 heavy (non-hydrogen) atoms. The maximum Gasteiger partial charge on any atom is 0.307 e. The molecular formula is C24H22N4O2. The van der Waals surface area contributed by atoms with Crippen LogP contribution in [0, 0.1) is 0 Å². The van der Waals surface area contributed by atoms with Crippen molar-refractivity contribution in [3.05, 3.63) is 73.2 Å². The van der Waals surface area contributed by atoms with Crippen LogP contribution in [0.4, 0.5) is 5.69 Å². The van der Waals surface area contributed by atoms with Crippen LogP contribution in [0.15, 0.2) is 73.2 Å². The monoisotopic (exact) mass is 398 g/mol. The molecule has 0 saturated carbocycles. The van der Waals surface area contributed by atoms with Crippen molar-refractivity contribution in [1.82, 2.24) is 15.0 Å². The highest BCUT2D eigenvalue weighted by Gasteiger charge is 2.19. The minimum atomic E-state index is -0.227. The van der Waals surface area contributed by atoms with Gasteiger partial charge in [0.05, 0.1) is 24.4 Å². The quantitative estimate of drug-likeness (QED) is 0.454. The number of esters is 1. The molecule has 0 radical (unpaired) electrons. The highest BCUT2D eigenvalue weighted by atomic mass is 16.5. The number of carbonyl (C=O) groups excluding carboxylic acids is 1. The Kier molecular flexibility index (Phi) is 5.94. The van der Waals surface area contributed by atoms with E-state index in [1.54, 1.807) is 25.5 Å². The Bertz CT molecular complexity index is 1150. The van der Waals surface area contributed by atoms with Crippen LogP contribution in [0.25, 0.3) is 33.4 Å². The normalized spacial score (nSPS) is 10.7. The van der Waals surface area contributed by atoms with E-state index in [0.29, 0.717) is 18.8 Å². The van der Waals surface area contributed by atoms with Crippen LogP contribution in [0.3, 0.4) is 0 Å². The molecule has 4 rings (SSSR count). The summed E-state index contributed by atoms with van der Waals surface area (Å²) in [4.78, 5) is 25.4. The van der Waals surface area contributed by atoms with Crippen LogP contribution < -0.4 is 5.32 Å². The molecule has 0 aliphatic heterocycles. The van der Waals surface area contributed by atoms with Crippen molar-refractivity contribution < 1.29 is 9.53 Å². The van der Waals surface area contributed by atoms with E-state index in [9.17, 15) is 4.79 Å². The number of benzene rings is 1. The molecule has 1 N–H and O–H groups in total. The molecule has 4 aromatic rings. The molecule has 0 unspecified atom stereocenters. The number of carbonyl (C=O) groups is 1. The van der Waals surface area contributed by atoms with Gasteiger partial charge in [0.15, 0.2) is 5.65 Å². The predicted molar refractivity (Wildman–Crippen MR) is 118 cm³/mol. The number of anilines is 1. The van der Waals surface area contributed by atoms with Gasteiger partial charge in [0.25, 0.3) is 0 Å². The van der Waals surface area contributed by atoms with Gasteiger partial charge in [-0.3, -0.25) is 9.78 Å². The lowest BCUT2D eigenvalue weighted by atomic mass is 9.96. The molecular weight excluding hydrogens is 376 g/mol. The van der Waals surface area contributed by atoms with E-state index in [1.165, 1.54) is 0 Å². The number of nitrogens with one attached hydrogen (secondary N) is 1.